The largest absolute Gasteiger partial charge is 0.490 e. The Hall–Kier alpha value is -4.97. The second-order valence-corrected chi connectivity index (χ2v) is 13.8. The quantitative estimate of drug-likeness (QED) is 0.144. The molecule has 1 aliphatic rings. The summed E-state index contributed by atoms with van der Waals surface area (Å²) in [7, 11) is 1.99. The molecule has 1 aliphatic heterocycles. The normalized spacial score (nSPS) is 19.3. The van der Waals surface area contributed by atoms with E-state index < -0.39 is 18.0 Å². The average Bonchev–Trinajstić information content (AvgIpc) is 3.13. The number of aromatic carboxylic acids is 1. The van der Waals surface area contributed by atoms with Crippen LogP contribution in [-0.2, 0) is 11.3 Å². The summed E-state index contributed by atoms with van der Waals surface area (Å²) in [5, 5.41) is 27.3. The minimum atomic E-state index is -0.962. The molecule has 0 spiro atoms. The Labute approximate surface area is 305 Å². The van der Waals surface area contributed by atoms with Gasteiger partial charge in [0.1, 0.15) is 5.75 Å². The lowest BCUT2D eigenvalue weighted by Gasteiger charge is -2.36. The van der Waals surface area contributed by atoms with E-state index in [2.05, 4.69) is 15.5 Å². The summed E-state index contributed by atoms with van der Waals surface area (Å²) < 4.78 is 12.8. The van der Waals surface area contributed by atoms with Crippen LogP contribution in [-0.4, -0.2) is 89.5 Å². The van der Waals surface area contributed by atoms with Crippen molar-refractivity contribution in [1.29, 1.82) is 0 Å². The second-order valence-electron chi connectivity index (χ2n) is 13.8. The molecular weight excluding hydrogens is 660 g/mol. The van der Waals surface area contributed by atoms with Gasteiger partial charge in [-0.15, -0.1) is 0 Å². The van der Waals surface area contributed by atoms with Crippen molar-refractivity contribution in [1.82, 2.24) is 9.80 Å². The molecule has 0 radical (unpaired) electrons. The molecule has 0 fully saturated rings. The van der Waals surface area contributed by atoms with E-state index in [4.69, 9.17) is 9.47 Å². The number of urea groups is 1. The summed E-state index contributed by atoms with van der Waals surface area (Å²) in [6, 6.07) is 24.5. The SMILES string of the molecule is C[C@@H]1CN([C@H](C)CO)C(=O)c2cc(NC(=O)Nc3cccc4ccccc34)ccc2O[C@@H](C)CCCCO[C@H]1CN(C)Cc1ccc(C(=O)O)cc1. The molecule has 0 bridgehead atoms. The monoisotopic (exact) mass is 710 g/mol. The number of amides is 3. The molecule has 1 heterocycles. The van der Waals surface area contributed by atoms with Crippen LogP contribution in [0.2, 0.25) is 0 Å². The fourth-order valence-corrected chi connectivity index (χ4v) is 6.52. The number of carbonyl (C=O) groups is 3. The predicted molar refractivity (Wildman–Crippen MR) is 203 cm³/mol. The minimum Gasteiger partial charge on any atom is -0.490 e. The van der Waals surface area contributed by atoms with E-state index in [9.17, 15) is 24.6 Å². The van der Waals surface area contributed by atoms with E-state index in [-0.39, 0.29) is 36.2 Å². The summed E-state index contributed by atoms with van der Waals surface area (Å²) in [5.41, 5.74) is 2.60. The van der Waals surface area contributed by atoms with Crippen LogP contribution >= 0.6 is 0 Å². The van der Waals surface area contributed by atoms with Gasteiger partial charge in [-0.05, 0) is 87.5 Å². The zero-order chi connectivity index (χ0) is 37.2. The lowest BCUT2D eigenvalue weighted by Crippen LogP contribution is -2.47. The van der Waals surface area contributed by atoms with Gasteiger partial charge in [-0.1, -0.05) is 55.5 Å². The number of ether oxygens (including phenoxy) is 2. The van der Waals surface area contributed by atoms with Gasteiger partial charge in [0.2, 0.25) is 0 Å². The van der Waals surface area contributed by atoms with Crippen LogP contribution in [0.5, 0.6) is 5.75 Å². The van der Waals surface area contributed by atoms with Gasteiger partial charge in [0, 0.05) is 43.2 Å². The fraction of sp³-hybridized carbons (Fsp3) is 0.390. The summed E-state index contributed by atoms with van der Waals surface area (Å²) in [6.07, 6.45) is 2.06. The van der Waals surface area contributed by atoms with Gasteiger partial charge >= 0.3 is 12.0 Å². The first-order valence-corrected chi connectivity index (χ1v) is 17.9. The highest BCUT2D eigenvalue weighted by atomic mass is 16.5. The van der Waals surface area contributed by atoms with Crippen LogP contribution in [0, 0.1) is 5.92 Å². The Bertz CT molecular complexity index is 1830. The van der Waals surface area contributed by atoms with E-state index in [0.29, 0.717) is 48.9 Å². The van der Waals surface area contributed by atoms with Crippen LogP contribution in [0.4, 0.5) is 16.2 Å². The van der Waals surface area contributed by atoms with Crippen molar-refractivity contribution < 1.29 is 34.1 Å². The highest BCUT2D eigenvalue weighted by molar-refractivity contribution is 6.07. The number of hydrogen-bond donors (Lipinski definition) is 4. The highest BCUT2D eigenvalue weighted by Gasteiger charge is 2.30. The number of hydrogen-bond acceptors (Lipinski definition) is 7. The first-order chi connectivity index (χ1) is 25.0. The standard InChI is InChI=1S/C41H50N4O7/c1-27-23-45(28(2)26-46)39(47)35-22-33(42-41(50)43-36-14-9-12-31-11-5-6-13-34(31)36)19-20-37(35)52-29(3)10-7-8-21-51-38(27)25-44(4)24-30-15-17-32(18-16-30)40(48)49/h5-6,9,11-20,22,27-29,38,46H,7-8,10,21,23-26H2,1-4H3,(H,48,49)(H2,42,43,50)/t27-,28-,29+,38+/m1/s1. The molecule has 4 N–H and O–H groups in total. The van der Waals surface area contributed by atoms with Gasteiger partial charge in [-0.2, -0.15) is 0 Å². The molecule has 11 nitrogen and oxygen atoms in total. The molecule has 276 valence electrons. The summed E-state index contributed by atoms with van der Waals surface area (Å²) in [4.78, 5) is 42.8. The predicted octanol–water partition coefficient (Wildman–Crippen LogP) is 7.11. The highest BCUT2D eigenvalue weighted by Crippen LogP contribution is 2.29. The smallest absolute Gasteiger partial charge is 0.335 e. The van der Waals surface area contributed by atoms with Crippen LogP contribution in [0.15, 0.2) is 84.9 Å². The molecule has 0 saturated heterocycles. The molecule has 11 heteroatoms. The number of carboxylic acids is 1. The van der Waals surface area contributed by atoms with Crippen LogP contribution in [0.3, 0.4) is 0 Å². The number of fused-ring (bicyclic) bond motifs is 2. The maximum atomic E-state index is 14.5. The lowest BCUT2D eigenvalue weighted by atomic mass is 10.0. The molecule has 5 rings (SSSR count). The van der Waals surface area contributed by atoms with Crippen LogP contribution in [0.1, 0.15) is 66.3 Å². The topological polar surface area (TPSA) is 141 Å². The Morgan fingerprint density at radius 1 is 0.981 bits per heavy atom. The number of nitrogens with zero attached hydrogens (tertiary/aromatic N) is 2. The number of likely N-dealkylation sites (N-methyl/N-ethyl adjacent to an activating group) is 1. The van der Waals surface area contributed by atoms with Gasteiger partial charge in [0.15, 0.2) is 0 Å². The molecule has 4 aromatic rings. The third-order valence-corrected chi connectivity index (χ3v) is 9.49. The van der Waals surface area contributed by atoms with Crippen LogP contribution < -0.4 is 15.4 Å². The maximum Gasteiger partial charge on any atom is 0.335 e. The second kappa shape index (κ2) is 18.0. The average molecular weight is 711 g/mol. The molecular formula is C41H50N4O7. The Morgan fingerprint density at radius 3 is 2.48 bits per heavy atom. The Kier molecular flexibility index (Phi) is 13.2. The zero-order valence-electron chi connectivity index (χ0n) is 30.4. The first kappa shape index (κ1) is 38.3. The number of nitrogens with one attached hydrogen (secondary N) is 2. The summed E-state index contributed by atoms with van der Waals surface area (Å²) >= 11 is 0. The van der Waals surface area contributed by atoms with E-state index in [0.717, 1.165) is 35.6 Å². The van der Waals surface area contributed by atoms with Crippen molar-refractivity contribution in [3.8, 4) is 5.75 Å². The molecule has 3 amide bonds. The fourth-order valence-electron chi connectivity index (χ4n) is 6.52. The number of aliphatic hydroxyl groups is 1. The van der Waals surface area contributed by atoms with Gasteiger partial charge in [0.05, 0.1) is 41.7 Å². The number of carboxylic acid groups (broad SMARTS) is 1. The molecule has 52 heavy (non-hydrogen) atoms. The van der Waals surface area contributed by atoms with E-state index in [1.807, 2.05) is 75.5 Å². The number of rotatable bonds is 9. The van der Waals surface area contributed by atoms with Crippen LogP contribution in [0.25, 0.3) is 10.8 Å². The summed E-state index contributed by atoms with van der Waals surface area (Å²) in [6.45, 7) is 7.61. The summed E-state index contributed by atoms with van der Waals surface area (Å²) in [5.74, 6) is -0.986. The van der Waals surface area contributed by atoms with Gasteiger partial charge in [0.25, 0.3) is 5.91 Å². The zero-order valence-corrected chi connectivity index (χ0v) is 30.4. The third kappa shape index (κ3) is 10.1. The van der Waals surface area contributed by atoms with Crippen molar-refractivity contribution in [2.24, 2.45) is 5.92 Å². The van der Waals surface area contributed by atoms with Crippen molar-refractivity contribution >= 4 is 40.1 Å². The van der Waals surface area contributed by atoms with E-state index in [1.54, 1.807) is 42.2 Å². The van der Waals surface area contributed by atoms with Crippen molar-refractivity contribution in [2.45, 2.75) is 64.8 Å². The maximum absolute atomic E-state index is 14.5. The van der Waals surface area contributed by atoms with Crippen molar-refractivity contribution in [3.05, 3.63) is 102 Å². The number of carbonyl (C=O) groups excluding carboxylic acids is 2. The Balaban J connectivity index is 1.37. The number of benzene rings is 4. The molecule has 0 unspecified atom stereocenters. The number of anilines is 2. The molecule has 0 saturated carbocycles. The first-order valence-electron chi connectivity index (χ1n) is 17.9. The van der Waals surface area contributed by atoms with Gasteiger partial charge in [-0.25, -0.2) is 9.59 Å². The van der Waals surface area contributed by atoms with Crippen molar-refractivity contribution in [3.63, 3.8) is 0 Å². The molecule has 0 aromatic heterocycles. The van der Waals surface area contributed by atoms with Gasteiger partial charge in [-0.3, -0.25) is 9.69 Å². The number of aliphatic hydroxyl groups excluding tert-OH is 1. The van der Waals surface area contributed by atoms with E-state index >= 15 is 0 Å². The van der Waals surface area contributed by atoms with E-state index in [1.165, 1.54) is 0 Å². The molecule has 0 aliphatic carbocycles. The lowest BCUT2D eigenvalue weighted by molar-refractivity contribution is -0.0177. The molecule has 4 atom stereocenters. The molecule has 4 aromatic carbocycles. The minimum absolute atomic E-state index is 0.117. The van der Waals surface area contributed by atoms with Gasteiger partial charge < -0.3 is 35.2 Å². The third-order valence-electron chi connectivity index (χ3n) is 9.49. The Morgan fingerprint density at radius 2 is 1.73 bits per heavy atom. The van der Waals surface area contributed by atoms with Crippen molar-refractivity contribution in [2.75, 3.05) is 44.0 Å².